The third kappa shape index (κ3) is 3.15. The van der Waals surface area contributed by atoms with Crippen LogP contribution in [0.3, 0.4) is 0 Å². The summed E-state index contributed by atoms with van der Waals surface area (Å²) in [6.45, 7) is 0.655. The lowest BCUT2D eigenvalue weighted by molar-refractivity contribution is -0.385. The van der Waals surface area contributed by atoms with Crippen LogP contribution >= 0.6 is 15.9 Å². The van der Waals surface area contributed by atoms with Gasteiger partial charge in [0.15, 0.2) is 0 Å². The van der Waals surface area contributed by atoms with Gasteiger partial charge in [0.25, 0.3) is 5.69 Å². The lowest BCUT2D eigenvalue weighted by Gasteiger charge is -2.12. The molecule has 0 bridgehead atoms. The van der Waals surface area contributed by atoms with Gasteiger partial charge in [-0.2, -0.15) is 0 Å². The molecule has 0 aromatic heterocycles. The number of nitro groups is 1. The summed E-state index contributed by atoms with van der Waals surface area (Å²) in [5, 5.41) is 14.0. The summed E-state index contributed by atoms with van der Waals surface area (Å²) in [5.41, 5.74) is 0.960. The highest BCUT2D eigenvalue weighted by Gasteiger charge is 2.17. The van der Waals surface area contributed by atoms with Gasteiger partial charge < -0.3 is 10.1 Å². The van der Waals surface area contributed by atoms with E-state index in [0.29, 0.717) is 22.5 Å². The van der Waals surface area contributed by atoms with Crippen molar-refractivity contribution in [2.24, 2.45) is 0 Å². The molecule has 2 aromatic carbocycles. The van der Waals surface area contributed by atoms with Crippen LogP contribution in [-0.2, 0) is 6.54 Å². The van der Waals surface area contributed by atoms with Gasteiger partial charge in [-0.3, -0.25) is 10.1 Å². The fourth-order valence-corrected chi connectivity index (χ4v) is 2.27. The monoisotopic (exact) mass is 336 g/mol. The van der Waals surface area contributed by atoms with Gasteiger partial charge in [0.2, 0.25) is 0 Å². The fraction of sp³-hybridized carbons (Fsp3) is 0.143. The Labute approximate surface area is 124 Å². The standard InChI is InChI=1S/C14H13BrN2O3/c1-16-9-10-5-2-3-7-12(10)20-13-8-4-6-11(14(13)15)17(18)19/h2-8,16H,9H2,1H3. The Balaban J connectivity index is 2.35. The van der Waals surface area contributed by atoms with Crippen LogP contribution in [-0.4, -0.2) is 12.0 Å². The Bertz CT molecular complexity index is 632. The number of nitrogens with zero attached hydrogens (tertiary/aromatic N) is 1. The van der Waals surface area contributed by atoms with Crippen molar-refractivity contribution in [2.75, 3.05) is 7.05 Å². The van der Waals surface area contributed by atoms with Crippen molar-refractivity contribution in [3.8, 4) is 11.5 Å². The highest BCUT2D eigenvalue weighted by molar-refractivity contribution is 9.10. The minimum absolute atomic E-state index is 0.0198. The molecule has 0 saturated heterocycles. The second kappa shape index (κ2) is 6.49. The molecule has 6 heteroatoms. The first kappa shape index (κ1) is 14.5. The maximum atomic E-state index is 10.9. The zero-order valence-corrected chi connectivity index (χ0v) is 12.4. The van der Waals surface area contributed by atoms with Gasteiger partial charge in [-0.05, 0) is 35.1 Å². The van der Waals surface area contributed by atoms with Crippen molar-refractivity contribution >= 4 is 21.6 Å². The quantitative estimate of drug-likeness (QED) is 0.664. The predicted molar refractivity (Wildman–Crippen MR) is 80.1 cm³/mol. The molecule has 2 aromatic rings. The average Bonchev–Trinajstić information content (AvgIpc) is 2.43. The Morgan fingerprint density at radius 1 is 1.20 bits per heavy atom. The number of hydrogen-bond acceptors (Lipinski definition) is 4. The minimum atomic E-state index is -0.448. The lowest BCUT2D eigenvalue weighted by Crippen LogP contribution is -2.06. The van der Waals surface area contributed by atoms with Crippen LogP contribution in [0.2, 0.25) is 0 Å². The van der Waals surface area contributed by atoms with E-state index in [1.807, 2.05) is 31.3 Å². The molecule has 104 valence electrons. The van der Waals surface area contributed by atoms with E-state index in [9.17, 15) is 10.1 Å². The minimum Gasteiger partial charge on any atom is -0.456 e. The van der Waals surface area contributed by atoms with Crippen molar-refractivity contribution in [2.45, 2.75) is 6.54 Å². The molecule has 0 aliphatic rings. The first-order chi connectivity index (χ1) is 9.63. The zero-order valence-electron chi connectivity index (χ0n) is 10.8. The van der Waals surface area contributed by atoms with Crippen LogP contribution in [0.5, 0.6) is 11.5 Å². The van der Waals surface area contributed by atoms with Crippen molar-refractivity contribution in [1.29, 1.82) is 0 Å². The number of halogens is 1. The number of nitrogens with one attached hydrogen (secondary N) is 1. The summed E-state index contributed by atoms with van der Waals surface area (Å²) in [6.07, 6.45) is 0. The summed E-state index contributed by atoms with van der Waals surface area (Å²) < 4.78 is 6.13. The van der Waals surface area contributed by atoms with E-state index in [-0.39, 0.29) is 5.69 Å². The van der Waals surface area contributed by atoms with E-state index in [4.69, 9.17) is 4.74 Å². The summed E-state index contributed by atoms with van der Waals surface area (Å²) >= 11 is 3.22. The van der Waals surface area contributed by atoms with Gasteiger partial charge in [-0.15, -0.1) is 0 Å². The van der Waals surface area contributed by atoms with E-state index < -0.39 is 4.92 Å². The molecule has 5 nitrogen and oxygen atoms in total. The predicted octanol–water partition coefficient (Wildman–Crippen LogP) is 3.87. The van der Waals surface area contributed by atoms with Gasteiger partial charge in [0.05, 0.1) is 4.92 Å². The van der Waals surface area contributed by atoms with Crippen LogP contribution in [0.25, 0.3) is 0 Å². The largest absolute Gasteiger partial charge is 0.456 e. The Morgan fingerprint density at radius 2 is 1.90 bits per heavy atom. The molecule has 0 heterocycles. The number of ether oxygens (including phenoxy) is 1. The molecule has 0 aliphatic heterocycles. The lowest BCUT2D eigenvalue weighted by atomic mass is 10.2. The second-order valence-electron chi connectivity index (χ2n) is 4.09. The van der Waals surface area contributed by atoms with Crippen molar-refractivity contribution < 1.29 is 9.66 Å². The topological polar surface area (TPSA) is 64.4 Å². The zero-order chi connectivity index (χ0) is 14.5. The highest BCUT2D eigenvalue weighted by Crippen LogP contribution is 2.37. The molecular weight excluding hydrogens is 324 g/mol. The number of para-hydroxylation sites is 1. The summed E-state index contributed by atoms with van der Waals surface area (Å²) in [6, 6.07) is 12.3. The summed E-state index contributed by atoms with van der Waals surface area (Å²) in [7, 11) is 1.85. The molecule has 0 fully saturated rings. The number of benzene rings is 2. The molecular formula is C14H13BrN2O3. The van der Waals surface area contributed by atoms with E-state index in [1.165, 1.54) is 6.07 Å². The van der Waals surface area contributed by atoms with E-state index in [0.717, 1.165) is 5.56 Å². The van der Waals surface area contributed by atoms with E-state index in [1.54, 1.807) is 12.1 Å². The summed E-state index contributed by atoms with van der Waals surface area (Å²) in [5.74, 6) is 1.09. The third-order valence-corrected chi connectivity index (χ3v) is 3.50. The van der Waals surface area contributed by atoms with E-state index >= 15 is 0 Å². The van der Waals surface area contributed by atoms with Crippen molar-refractivity contribution in [3.05, 3.63) is 62.6 Å². The van der Waals surface area contributed by atoms with Crippen molar-refractivity contribution in [1.82, 2.24) is 5.32 Å². The Kier molecular flexibility index (Phi) is 4.70. The fourth-order valence-electron chi connectivity index (χ4n) is 1.78. The van der Waals surface area contributed by atoms with Crippen LogP contribution in [0.1, 0.15) is 5.56 Å². The molecule has 0 aliphatic carbocycles. The highest BCUT2D eigenvalue weighted by atomic mass is 79.9. The summed E-state index contributed by atoms with van der Waals surface area (Å²) in [4.78, 5) is 10.5. The smallest absolute Gasteiger partial charge is 0.287 e. The van der Waals surface area contributed by atoms with Gasteiger partial charge in [0.1, 0.15) is 16.0 Å². The maximum Gasteiger partial charge on any atom is 0.287 e. The molecule has 1 N–H and O–H groups in total. The molecule has 0 unspecified atom stereocenters. The van der Waals surface area contributed by atoms with Crippen LogP contribution in [0.15, 0.2) is 46.9 Å². The first-order valence-electron chi connectivity index (χ1n) is 5.96. The van der Waals surface area contributed by atoms with Gasteiger partial charge in [-0.1, -0.05) is 24.3 Å². The normalized spacial score (nSPS) is 10.3. The third-order valence-electron chi connectivity index (χ3n) is 2.70. The van der Waals surface area contributed by atoms with Gasteiger partial charge >= 0.3 is 0 Å². The Morgan fingerprint density at radius 3 is 2.60 bits per heavy atom. The number of nitro benzene ring substituents is 1. The molecule has 2 rings (SSSR count). The van der Waals surface area contributed by atoms with Crippen LogP contribution < -0.4 is 10.1 Å². The van der Waals surface area contributed by atoms with E-state index in [2.05, 4.69) is 21.2 Å². The van der Waals surface area contributed by atoms with Gasteiger partial charge in [-0.25, -0.2) is 0 Å². The number of rotatable bonds is 5. The average molecular weight is 337 g/mol. The Hall–Kier alpha value is -1.92. The van der Waals surface area contributed by atoms with Gasteiger partial charge in [0, 0.05) is 18.2 Å². The van der Waals surface area contributed by atoms with Crippen LogP contribution in [0, 0.1) is 10.1 Å². The molecule has 0 atom stereocenters. The first-order valence-corrected chi connectivity index (χ1v) is 6.76. The second-order valence-corrected chi connectivity index (χ2v) is 4.88. The number of hydrogen-bond donors (Lipinski definition) is 1. The SMILES string of the molecule is CNCc1ccccc1Oc1cccc([N+](=O)[O-])c1Br. The van der Waals surface area contributed by atoms with Crippen molar-refractivity contribution in [3.63, 3.8) is 0 Å². The molecule has 0 amide bonds. The molecule has 0 spiro atoms. The molecule has 20 heavy (non-hydrogen) atoms. The molecule has 0 radical (unpaired) electrons. The maximum absolute atomic E-state index is 10.9. The van der Waals surface area contributed by atoms with Crippen LogP contribution in [0.4, 0.5) is 5.69 Å². The molecule has 0 saturated carbocycles.